The lowest BCUT2D eigenvalue weighted by molar-refractivity contribution is -0.121. The minimum absolute atomic E-state index is 0. The standard InChI is InChI=1S/C13H17FN2O.ClH/c1-2-16(12-5-3-11(14)4-6-12)13(17)10-7-8-15-9-10;/h3-6,10,15H,2,7-9H2,1H3;1H. The molecule has 3 nitrogen and oxygen atoms in total. The molecule has 1 N–H and O–H groups in total. The van der Waals surface area contributed by atoms with Crippen molar-refractivity contribution in [2.24, 2.45) is 5.92 Å². The van der Waals surface area contributed by atoms with Gasteiger partial charge in [0.15, 0.2) is 0 Å². The number of rotatable bonds is 3. The predicted octanol–water partition coefficient (Wildman–Crippen LogP) is 2.21. The highest BCUT2D eigenvalue weighted by atomic mass is 35.5. The van der Waals surface area contributed by atoms with Crippen LogP contribution < -0.4 is 10.2 Å². The third kappa shape index (κ3) is 3.21. The van der Waals surface area contributed by atoms with Crippen LogP contribution in [0.15, 0.2) is 24.3 Å². The zero-order valence-corrected chi connectivity index (χ0v) is 11.2. The molecule has 2 rings (SSSR count). The number of halogens is 2. The van der Waals surface area contributed by atoms with Gasteiger partial charge in [0.05, 0.1) is 5.92 Å². The Kier molecular flexibility index (Phi) is 5.56. The summed E-state index contributed by atoms with van der Waals surface area (Å²) in [5.74, 6) is -0.0936. The van der Waals surface area contributed by atoms with Gasteiger partial charge in [0.2, 0.25) is 5.91 Å². The van der Waals surface area contributed by atoms with Gasteiger partial charge in [-0.15, -0.1) is 12.4 Å². The Morgan fingerprint density at radius 2 is 2.11 bits per heavy atom. The number of nitrogens with one attached hydrogen (secondary N) is 1. The lowest BCUT2D eigenvalue weighted by atomic mass is 10.1. The Hall–Kier alpha value is -1.13. The summed E-state index contributed by atoms with van der Waals surface area (Å²) in [6.45, 7) is 4.19. The van der Waals surface area contributed by atoms with Gasteiger partial charge in [-0.05, 0) is 44.2 Å². The van der Waals surface area contributed by atoms with Gasteiger partial charge < -0.3 is 10.2 Å². The number of nitrogens with zero attached hydrogens (tertiary/aromatic N) is 1. The van der Waals surface area contributed by atoms with Gasteiger partial charge in [-0.1, -0.05) is 0 Å². The molecule has 0 aliphatic carbocycles. The molecule has 1 aliphatic rings. The number of hydrogen-bond donors (Lipinski definition) is 1. The van der Waals surface area contributed by atoms with Crippen LogP contribution in [-0.4, -0.2) is 25.5 Å². The van der Waals surface area contributed by atoms with Crippen LogP contribution in [0.3, 0.4) is 0 Å². The first-order valence-electron chi connectivity index (χ1n) is 6.00. The summed E-state index contributed by atoms with van der Waals surface area (Å²) in [7, 11) is 0. The number of hydrogen-bond acceptors (Lipinski definition) is 2. The van der Waals surface area contributed by atoms with Crippen molar-refractivity contribution in [1.82, 2.24) is 5.32 Å². The lowest BCUT2D eigenvalue weighted by Gasteiger charge is -2.24. The van der Waals surface area contributed by atoms with E-state index in [2.05, 4.69) is 5.32 Å². The SMILES string of the molecule is CCN(C(=O)C1CCNC1)c1ccc(F)cc1.Cl. The molecule has 0 bridgehead atoms. The Balaban J connectivity index is 0.00000162. The van der Waals surface area contributed by atoms with Crippen molar-refractivity contribution in [3.8, 4) is 0 Å². The monoisotopic (exact) mass is 272 g/mol. The maximum atomic E-state index is 12.8. The fourth-order valence-corrected chi connectivity index (χ4v) is 2.17. The van der Waals surface area contributed by atoms with Crippen molar-refractivity contribution < 1.29 is 9.18 Å². The minimum atomic E-state index is -0.278. The molecular weight excluding hydrogens is 255 g/mol. The quantitative estimate of drug-likeness (QED) is 0.915. The number of carbonyl (C=O) groups is 1. The first-order chi connectivity index (χ1) is 8.22. The molecule has 0 saturated carbocycles. The van der Waals surface area contributed by atoms with Gasteiger partial charge in [-0.2, -0.15) is 0 Å². The molecule has 1 aromatic rings. The van der Waals surface area contributed by atoms with Crippen LogP contribution in [0.5, 0.6) is 0 Å². The molecule has 1 saturated heterocycles. The molecular formula is C13H18ClFN2O. The molecule has 1 atom stereocenters. The zero-order chi connectivity index (χ0) is 12.3. The minimum Gasteiger partial charge on any atom is -0.316 e. The van der Waals surface area contributed by atoms with Crippen LogP contribution in [0.2, 0.25) is 0 Å². The lowest BCUT2D eigenvalue weighted by Crippen LogP contribution is -2.37. The highest BCUT2D eigenvalue weighted by Crippen LogP contribution is 2.19. The van der Waals surface area contributed by atoms with Gasteiger partial charge in [-0.25, -0.2) is 4.39 Å². The first-order valence-corrected chi connectivity index (χ1v) is 6.00. The van der Waals surface area contributed by atoms with Crippen molar-refractivity contribution in [2.75, 3.05) is 24.5 Å². The predicted molar refractivity (Wildman–Crippen MR) is 72.7 cm³/mol. The summed E-state index contributed by atoms with van der Waals surface area (Å²) >= 11 is 0. The van der Waals surface area contributed by atoms with Crippen molar-refractivity contribution in [2.45, 2.75) is 13.3 Å². The number of anilines is 1. The molecule has 0 aromatic heterocycles. The normalized spacial score (nSPS) is 18.2. The largest absolute Gasteiger partial charge is 0.316 e. The average molecular weight is 273 g/mol. The highest BCUT2D eigenvalue weighted by molar-refractivity contribution is 5.95. The molecule has 1 fully saturated rings. The van der Waals surface area contributed by atoms with E-state index in [0.717, 1.165) is 25.2 Å². The van der Waals surface area contributed by atoms with Gasteiger partial charge in [0.25, 0.3) is 0 Å². The van der Waals surface area contributed by atoms with E-state index in [1.807, 2.05) is 6.92 Å². The van der Waals surface area contributed by atoms with Crippen LogP contribution in [0, 0.1) is 11.7 Å². The smallest absolute Gasteiger partial charge is 0.231 e. The zero-order valence-electron chi connectivity index (χ0n) is 10.4. The number of amides is 1. The maximum Gasteiger partial charge on any atom is 0.231 e. The van der Waals surface area contributed by atoms with Gasteiger partial charge in [0, 0.05) is 18.8 Å². The van der Waals surface area contributed by atoms with E-state index >= 15 is 0 Å². The van der Waals surface area contributed by atoms with Crippen LogP contribution in [0.4, 0.5) is 10.1 Å². The summed E-state index contributed by atoms with van der Waals surface area (Å²) in [6, 6.07) is 6.08. The third-order valence-electron chi connectivity index (χ3n) is 3.13. The average Bonchev–Trinajstić information content (AvgIpc) is 2.86. The van der Waals surface area contributed by atoms with Crippen LogP contribution in [0.25, 0.3) is 0 Å². The molecule has 100 valence electrons. The molecule has 5 heteroatoms. The Morgan fingerprint density at radius 1 is 1.44 bits per heavy atom. The summed E-state index contributed by atoms with van der Waals surface area (Å²) in [5.41, 5.74) is 0.769. The van der Waals surface area contributed by atoms with Crippen LogP contribution in [0.1, 0.15) is 13.3 Å². The van der Waals surface area contributed by atoms with Gasteiger partial charge >= 0.3 is 0 Å². The molecule has 1 unspecified atom stereocenters. The van der Waals surface area contributed by atoms with Crippen LogP contribution >= 0.6 is 12.4 Å². The number of carbonyl (C=O) groups excluding carboxylic acids is 1. The van der Waals surface area contributed by atoms with E-state index in [-0.39, 0.29) is 30.0 Å². The Labute approximate surface area is 113 Å². The Morgan fingerprint density at radius 3 is 2.61 bits per heavy atom. The Bertz CT molecular complexity index is 390. The van der Waals surface area contributed by atoms with E-state index in [1.165, 1.54) is 12.1 Å². The van der Waals surface area contributed by atoms with Crippen molar-refractivity contribution in [3.63, 3.8) is 0 Å². The molecule has 1 heterocycles. The van der Waals surface area contributed by atoms with Crippen molar-refractivity contribution >= 4 is 24.0 Å². The van der Waals surface area contributed by atoms with E-state index in [1.54, 1.807) is 17.0 Å². The fourth-order valence-electron chi connectivity index (χ4n) is 2.17. The molecule has 0 radical (unpaired) electrons. The van der Waals surface area contributed by atoms with E-state index < -0.39 is 0 Å². The molecule has 0 spiro atoms. The van der Waals surface area contributed by atoms with E-state index in [0.29, 0.717) is 6.54 Å². The van der Waals surface area contributed by atoms with Crippen molar-refractivity contribution in [3.05, 3.63) is 30.1 Å². The van der Waals surface area contributed by atoms with Crippen molar-refractivity contribution in [1.29, 1.82) is 0 Å². The molecule has 1 amide bonds. The van der Waals surface area contributed by atoms with E-state index in [9.17, 15) is 9.18 Å². The molecule has 18 heavy (non-hydrogen) atoms. The summed E-state index contributed by atoms with van der Waals surface area (Å²) in [6.07, 6.45) is 0.885. The maximum absolute atomic E-state index is 12.8. The first kappa shape index (κ1) is 14.9. The van der Waals surface area contributed by atoms with E-state index in [4.69, 9.17) is 0 Å². The summed E-state index contributed by atoms with van der Waals surface area (Å²) in [5, 5.41) is 3.19. The highest BCUT2D eigenvalue weighted by Gasteiger charge is 2.27. The second kappa shape index (κ2) is 6.71. The topological polar surface area (TPSA) is 32.3 Å². The summed E-state index contributed by atoms with van der Waals surface area (Å²) < 4.78 is 12.8. The van der Waals surface area contributed by atoms with Gasteiger partial charge in [0.1, 0.15) is 5.82 Å². The second-order valence-corrected chi connectivity index (χ2v) is 4.25. The van der Waals surface area contributed by atoms with Gasteiger partial charge in [-0.3, -0.25) is 4.79 Å². The summed E-state index contributed by atoms with van der Waals surface area (Å²) in [4.78, 5) is 14.0. The number of benzene rings is 1. The molecule has 1 aliphatic heterocycles. The third-order valence-corrected chi connectivity index (χ3v) is 3.13. The second-order valence-electron chi connectivity index (χ2n) is 4.25. The van der Waals surface area contributed by atoms with Crippen LogP contribution in [-0.2, 0) is 4.79 Å². The molecule has 1 aromatic carbocycles. The fraction of sp³-hybridized carbons (Fsp3) is 0.462.